The van der Waals surface area contributed by atoms with Crippen molar-refractivity contribution >= 4 is 40.2 Å². The zero-order valence-corrected chi connectivity index (χ0v) is 12.0. The summed E-state index contributed by atoms with van der Waals surface area (Å²) in [6.07, 6.45) is 0. The molecular weight excluding hydrogens is 290 g/mol. The molecule has 0 spiro atoms. The molecule has 0 aliphatic carbocycles. The van der Waals surface area contributed by atoms with Gasteiger partial charge in [-0.05, 0) is 31.2 Å². The van der Waals surface area contributed by atoms with Crippen molar-refractivity contribution in [1.82, 2.24) is 5.32 Å². The number of carboxylic acids is 1. The van der Waals surface area contributed by atoms with E-state index in [0.29, 0.717) is 11.4 Å². The first-order valence-electron chi connectivity index (χ1n) is 5.37. The average molecular weight is 302 g/mol. The van der Waals surface area contributed by atoms with Gasteiger partial charge in [-0.15, -0.1) is 22.7 Å². The van der Waals surface area contributed by atoms with Gasteiger partial charge in [-0.2, -0.15) is 0 Å². The van der Waals surface area contributed by atoms with Gasteiger partial charge in [0.1, 0.15) is 4.88 Å². The Balaban J connectivity index is 1.92. The largest absolute Gasteiger partial charge is 0.477 e. The van der Waals surface area contributed by atoms with Gasteiger partial charge in [0.15, 0.2) is 0 Å². The van der Waals surface area contributed by atoms with Gasteiger partial charge >= 0.3 is 5.97 Å². The van der Waals surface area contributed by atoms with Crippen molar-refractivity contribution in [3.8, 4) is 0 Å². The first kappa shape index (κ1) is 13.5. The first-order chi connectivity index (χ1) is 8.56. The average Bonchev–Trinajstić information content (AvgIpc) is 2.94. The highest BCUT2D eigenvalue weighted by Crippen LogP contribution is 2.27. The van der Waals surface area contributed by atoms with Crippen molar-refractivity contribution in [2.45, 2.75) is 19.5 Å². The number of aromatic carboxylic acids is 1. The maximum absolute atomic E-state index is 10.8. The third-order valence-corrected chi connectivity index (χ3v) is 4.96. The van der Waals surface area contributed by atoms with Gasteiger partial charge in [-0.1, -0.05) is 11.6 Å². The molecular formula is C12H12ClNO2S2. The molecule has 6 heteroatoms. The predicted molar refractivity (Wildman–Crippen MR) is 75.9 cm³/mol. The summed E-state index contributed by atoms with van der Waals surface area (Å²) in [5, 5.41) is 12.2. The molecule has 0 aromatic carbocycles. The highest BCUT2D eigenvalue weighted by Gasteiger charge is 2.10. The van der Waals surface area contributed by atoms with Gasteiger partial charge in [0.05, 0.1) is 4.34 Å². The van der Waals surface area contributed by atoms with Gasteiger partial charge in [0, 0.05) is 22.3 Å². The van der Waals surface area contributed by atoms with Crippen LogP contribution in [-0.2, 0) is 6.54 Å². The Hall–Kier alpha value is -0.880. The fourth-order valence-electron chi connectivity index (χ4n) is 1.50. The summed E-state index contributed by atoms with van der Waals surface area (Å²) >= 11 is 8.74. The third kappa shape index (κ3) is 3.32. The summed E-state index contributed by atoms with van der Waals surface area (Å²) in [5.74, 6) is -0.871. The monoisotopic (exact) mass is 301 g/mol. The summed E-state index contributed by atoms with van der Waals surface area (Å²) in [4.78, 5) is 13.3. The van der Waals surface area contributed by atoms with Crippen LogP contribution in [0.25, 0.3) is 0 Å². The van der Waals surface area contributed by atoms with Crippen LogP contribution in [0.4, 0.5) is 0 Å². The maximum Gasteiger partial charge on any atom is 0.345 e. The fourth-order valence-corrected chi connectivity index (χ4v) is 3.39. The number of hydrogen-bond donors (Lipinski definition) is 2. The Bertz CT molecular complexity index is 550. The molecule has 18 heavy (non-hydrogen) atoms. The number of carbonyl (C=O) groups is 1. The quantitative estimate of drug-likeness (QED) is 0.877. The fraction of sp³-hybridized carbons (Fsp3) is 0.250. The second-order valence-electron chi connectivity index (χ2n) is 3.82. The summed E-state index contributed by atoms with van der Waals surface area (Å²) in [6.45, 7) is 2.72. The summed E-state index contributed by atoms with van der Waals surface area (Å²) in [6, 6.07) is 7.57. The molecule has 2 rings (SSSR count). The molecule has 0 saturated heterocycles. The van der Waals surface area contributed by atoms with Crippen molar-refractivity contribution in [2.24, 2.45) is 0 Å². The van der Waals surface area contributed by atoms with Gasteiger partial charge in [-0.25, -0.2) is 4.79 Å². The molecule has 2 aromatic heterocycles. The lowest BCUT2D eigenvalue weighted by atomic mass is 10.2. The predicted octanol–water partition coefficient (Wildman–Crippen LogP) is 4.01. The summed E-state index contributed by atoms with van der Waals surface area (Å²) in [7, 11) is 0. The number of nitrogens with one attached hydrogen (secondary N) is 1. The van der Waals surface area contributed by atoms with Crippen molar-refractivity contribution in [3.05, 3.63) is 43.2 Å². The smallest absolute Gasteiger partial charge is 0.345 e. The van der Waals surface area contributed by atoms with E-state index in [1.165, 1.54) is 16.2 Å². The van der Waals surface area contributed by atoms with Crippen LogP contribution in [0.5, 0.6) is 0 Å². The second-order valence-corrected chi connectivity index (χ2v) is 6.73. The molecule has 2 N–H and O–H groups in total. The molecule has 0 aliphatic rings. The minimum atomic E-state index is -0.871. The van der Waals surface area contributed by atoms with Gasteiger partial charge < -0.3 is 10.4 Å². The molecule has 96 valence electrons. The lowest BCUT2D eigenvalue weighted by Crippen LogP contribution is -2.16. The standard InChI is InChI=1S/C12H12ClNO2S2/c1-7(9-4-5-11(13)18-9)14-6-8-2-3-10(17-8)12(15)16/h2-5,7,14H,6H2,1H3,(H,15,16). The lowest BCUT2D eigenvalue weighted by Gasteiger charge is -2.10. The van der Waals surface area contributed by atoms with E-state index in [0.717, 1.165) is 9.21 Å². The molecule has 2 aromatic rings. The Labute approximate surface area is 118 Å². The number of halogens is 1. The van der Waals surface area contributed by atoms with Crippen LogP contribution in [0.15, 0.2) is 24.3 Å². The minimum absolute atomic E-state index is 0.206. The number of hydrogen-bond acceptors (Lipinski definition) is 4. The molecule has 1 unspecified atom stereocenters. The van der Waals surface area contributed by atoms with E-state index in [1.807, 2.05) is 18.2 Å². The zero-order chi connectivity index (χ0) is 13.1. The topological polar surface area (TPSA) is 49.3 Å². The van der Waals surface area contributed by atoms with Crippen molar-refractivity contribution < 1.29 is 9.90 Å². The van der Waals surface area contributed by atoms with Crippen LogP contribution >= 0.6 is 34.3 Å². The molecule has 0 amide bonds. The third-order valence-electron chi connectivity index (χ3n) is 2.48. The minimum Gasteiger partial charge on any atom is -0.477 e. The van der Waals surface area contributed by atoms with Crippen LogP contribution in [-0.4, -0.2) is 11.1 Å². The molecule has 2 heterocycles. The van der Waals surface area contributed by atoms with E-state index < -0.39 is 5.97 Å². The Kier molecular flexibility index (Phi) is 4.40. The van der Waals surface area contributed by atoms with Crippen LogP contribution in [0, 0.1) is 0 Å². The molecule has 0 radical (unpaired) electrons. The molecule has 0 bridgehead atoms. The molecule has 0 aliphatic heterocycles. The van der Waals surface area contributed by atoms with Gasteiger partial charge in [0.25, 0.3) is 0 Å². The highest BCUT2D eigenvalue weighted by atomic mass is 35.5. The maximum atomic E-state index is 10.8. The Morgan fingerprint density at radius 1 is 1.39 bits per heavy atom. The first-order valence-corrected chi connectivity index (χ1v) is 7.38. The normalized spacial score (nSPS) is 12.6. The molecule has 0 saturated carbocycles. The van der Waals surface area contributed by atoms with E-state index in [2.05, 4.69) is 12.2 Å². The summed E-state index contributed by atoms with van der Waals surface area (Å²) in [5.41, 5.74) is 0. The van der Waals surface area contributed by atoms with Crippen molar-refractivity contribution in [3.63, 3.8) is 0 Å². The van der Waals surface area contributed by atoms with Crippen LogP contribution < -0.4 is 5.32 Å². The molecule has 3 nitrogen and oxygen atoms in total. The van der Waals surface area contributed by atoms with E-state index in [-0.39, 0.29) is 6.04 Å². The molecule has 0 fully saturated rings. The molecule has 1 atom stereocenters. The van der Waals surface area contributed by atoms with Crippen LogP contribution in [0.1, 0.15) is 32.4 Å². The van der Waals surface area contributed by atoms with Crippen molar-refractivity contribution in [2.75, 3.05) is 0 Å². The van der Waals surface area contributed by atoms with E-state index in [4.69, 9.17) is 16.7 Å². The number of rotatable bonds is 5. The van der Waals surface area contributed by atoms with Crippen LogP contribution in [0.2, 0.25) is 4.34 Å². The SMILES string of the molecule is CC(NCc1ccc(C(=O)O)s1)c1ccc(Cl)s1. The summed E-state index contributed by atoms with van der Waals surface area (Å²) < 4.78 is 0.780. The van der Waals surface area contributed by atoms with Gasteiger partial charge in [0.2, 0.25) is 0 Å². The Morgan fingerprint density at radius 2 is 2.17 bits per heavy atom. The Morgan fingerprint density at radius 3 is 2.72 bits per heavy atom. The zero-order valence-electron chi connectivity index (χ0n) is 9.64. The number of thiophene rings is 2. The highest BCUT2D eigenvalue weighted by molar-refractivity contribution is 7.16. The lowest BCUT2D eigenvalue weighted by molar-refractivity contribution is 0.0702. The second kappa shape index (κ2) is 5.84. The van der Waals surface area contributed by atoms with Crippen LogP contribution in [0.3, 0.4) is 0 Å². The van der Waals surface area contributed by atoms with Gasteiger partial charge in [-0.3, -0.25) is 0 Å². The van der Waals surface area contributed by atoms with E-state index in [9.17, 15) is 4.79 Å². The number of carboxylic acid groups (broad SMARTS) is 1. The van der Waals surface area contributed by atoms with E-state index in [1.54, 1.807) is 17.4 Å². The van der Waals surface area contributed by atoms with E-state index >= 15 is 0 Å². The van der Waals surface area contributed by atoms with Crippen molar-refractivity contribution in [1.29, 1.82) is 0 Å².